The van der Waals surface area contributed by atoms with Crippen LogP contribution in [0.25, 0.3) is 0 Å². The van der Waals surface area contributed by atoms with Crippen LogP contribution >= 0.6 is 0 Å². The average molecular weight is 349 g/mol. The van der Waals surface area contributed by atoms with Gasteiger partial charge in [0.15, 0.2) is 0 Å². The molecular formula is C22H23NO3. The van der Waals surface area contributed by atoms with Gasteiger partial charge in [0.05, 0.1) is 6.61 Å². The summed E-state index contributed by atoms with van der Waals surface area (Å²) in [5.41, 5.74) is 7.75. The van der Waals surface area contributed by atoms with E-state index in [1.165, 1.54) is 34.7 Å². The average Bonchev–Trinajstić information content (AvgIpc) is 3.08. The van der Waals surface area contributed by atoms with E-state index < -0.39 is 0 Å². The maximum absolute atomic E-state index is 11.6. The van der Waals surface area contributed by atoms with Gasteiger partial charge in [0.25, 0.3) is 0 Å². The van der Waals surface area contributed by atoms with Crippen LogP contribution < -0.4 is 9.47 Å². The second-order valence-corrected chi connectivity index (χ2v) is 7.64. The molecule has 0 saturated heterocycles. The third-order valence-corrected chi connectivity index (χ3v) is 5.99. The monoisotopic (exact) mass is 349 g/mol. The minimum Gasteiger partial charge on any atom is -0.493 e. The van der Waals surface area contributed by atoms with Crippen molar-refractivity contribution in [2.24, 2.45) is 0 Å². The van der Waals surface area contributed by atoms with Gasteiger partial charge in [-0.25, -0.2) is 0 Å². The molecule has 0 amide bonds. The molecule has 1 unspecified atom stereocenters. The van der Waals surface area contributed by atoms with Gasteiger partial charge < -0.3 is 9.47 Å². The maximum Gasteiger partial charge on any atom is 0.308 e. The molecule has 0 aliphatic carbocycles. The van der Waals surface area contributed by atoms with Gasteiger partial charge in [-0.15, -0.1) is 0 Å². The van der Waals surface area contributed by atoms with E-state index in [0.717, 1.165) is 56.0 Å². The number of ether oxygens (including phenoxy) is 2. The van der Waals surface area contributed by atoms with Crippen molar-refractivity contribution in [3.8, 4) is 11.5 Å². The Morgan fingerprint density at radius 3 is 2.92 bits per heavy atom. The highest BCUT2D eigenvalue weighted by Crippen LogP contribution is 2.43. The van der Waals surface area contributed by atoms with Crippen molar-refractivity contribution in [1.29, 1.82) is 0 Å². The molecule has 2 aromatic carbocycles. The fourth-order valence-corrected chi connectivity index (χ4v) is 4.71. The van der Waals surface area contributed by atoms with Crippen molar-refractivity contribution >= 4 is 5.97 Å². The van der Waals surface area contributed by atoms with Gasteiger partial charge in [0, 0.05) is 38.0 Å². The number of esters is 1. The van der Waals surface area contributed by atoms with Crippen molar-refractivity contribution in [1.82, 2.24) is 4.90 Å². The molecule has 5 rings (SSSR count). The van der Waals surface area contributed by atoms with Crippen molar-refractivity contribution in [3.05, 3.63) is 57.6 Å². The summed E-state index contributed by atoms with van der Waals surface area (Å²) in [6.45, 7) is 6.17. The molecule has 4 heteroatoms. The normalized spacial score (nSPS) is 20.5. The highest BCUT2D eigenvalue weighted by molar-refractivity contribution is 5.71. The van der Waals surface area contributed by atoms with Crippen LogP contribution in [0, 0.1) is 6.92 Å². The standard InChI is InChI=1S/C22H23NO3/c1-13-3-4-15-10-20-18-11-21-17(6-8-25-21)9-16(18)5-7-23(20)12-19(15)22(13)26-14(2)24/h3-4,9,11,20H,5-8,10,12H2,1-2H3. The lowest BCUT2D eigenvalue weighted by molar-refractivity contribution is -0.132. The Kier molecular flexibility index (Phi) is 3.57. The van der Waals surface area contributed by atoms with E-state index in [2.05, 4.69) is 29.2 Å². The van der Waals surface area contributed by atoms with Crippen LogP contribution in [-0.2, 0) is 30.6 Å². The second-order valence-electron chi connectivity index (χ2n) is 7.64. The number of hydrogen-bond donors (Lipinski definition) is 0. The molecule has 3 heterocycles. The summed E-state index contributed by atoms with van der Waals surface area (Å²) in [6.07, 6.45) is 3.06. The number of carbonyl (C=O) groups excluding carboxylic acids is 1. The Balaban J connectivity index is 1.56. The van der Waals surface area contributed by atoms with Crippen molar-refractivity contribution in [2.75, 3.05) is 13.2 Å². The second kappa shape index (κ2) is 5.85. The number of fused-ring (bicyclic) bond motifs is 5. The highest BCUT2D eigenvalue weighted by Gasteiger charge is 2.35. The van der Waals surface area contributed by atoms with Crippen LogP contribution in [0.4, 0.5) is 0 Å². The fourth-order valence-electron chi connectivity index (χ4n) is 4.71. The first kappa shape index (κ1) is 15.9. The third kappa shape index (κ3) is 2.43. The van der Waals surface area contributed by atoms with Gasteiger partial charge >= 0.3 is 5.97 Å². The molecule has 0 spiro atoms. The summed E-state index contributed by atoms with van der Waals surface area (Å²) in [5, 5.41) is 0. The van der Waals surface area contributed by atoms with Crippen LogP contribution in [0.15, 0.2) is 24.3 Å². The molecular weight excluding hydrogens is 326 g/mol. The molecule has 0 saturated carbocycles. The SMILES string of the molecule is CC(=O)Oc1c(C)ccc2c1CN1CCc3cc4c(cc3C1C2)OCC4. The first-order valence-electron chi connectivity index (χ1n) is 9.42. The predicted molar refractivity (Wildman–Crippen MR) is 98.7 cm³/mol. The van der Waals surface area contributed by atoms with E-state index in [4.69, 9.17) is 9.47 Å². The molecule has 0 aromatic heterocycles. The molecule has 3 aliphatic rings. The summed E-state index contributed by atoms with van der Waals surface area (Å²) in [5.74, 6) is 1.58. The Morgan fingerprint density at radius 2 is 2.08 bits per heavy atom. The van der Waals surface area contributed by atoms with E-state index in [9.17, 15) is 4.79 Å². The topological polar surface area (TPSA) is 38.8 Å². The lowest BCUT2D eigenvalue weighted by Gasteiger charge is -2.42. The van der Waals surface area contributed by atoms with Gasteiger partial charge in [0.2, 0.25) is 0 Å². The molecule has 134 valence electrons. The molecule has 4 nitrogen and oxygen atoms in total. The van der Waals surface area contributed by atoms with E-state index in [0.29, 0.717) is 6.04 Å². The van der Waals surface area contributed by atoms with Crippen molar-refractivity contribution in [3.63, 3.8) is 0 Å². The summed E-state index contributed by atoms with van der Waals surface area (Å²) in [6, 6.07) is 9.30. The number of nitrogens with zero attached hydrogens (tertiary/aromatic N) is 1. The smallest absolute Gasteiger partial charge is 0.308 e. The Hall–Kier alpha value is -2.33. The third-order valence-electron chi connectivity index (χ3n) is 5.99. The molecule has 3 aliphatic heterocycles. The molecule has 0 N–H and O–H groups in total. The summed E-state index contributed by atoms with van der Waals surface area (Å²) < 4.78 is 11.4. The van der Waals surface area contributed by atoms with Gasteiger partial charge in [-0.1, -0.05) is 18.2 Å². The van der Waals surface area contributed by atoms with E-state index in [1.807, 2.05) is 6.92 Å². The van der Waals surface area contributed by atoms with E-state index >= 15 is 0 Å². The fraction of sp³-hybridized carbons (Fsp3) is 0.409. The van der Waals surface area contributed by atoms with E-state index in [1.54, 1.807) is 0 Å². The van der Waals surface area contributed by atoms with Gasteiger partial charge in [-0.2, -0.15) is 0 Å². The first-order chi connectivity index (χ1) is 12.6. The van der Waals surface area contributed by atoms with Crippen LogP contribution in [0.5, 0.6) is 11.5 Å². The lowest BCUT2D eigenvalue weighted by Crippen LogP contribution is -2.39. The van der Waals surface area contributed by atoms with E-state index in [-0.39, 0.29) is 5.97 Å². The summed E-state index contributed by atoms with van der Waals surface area (Å²) >= 11 is 0. The van der Waals surface area contributed by atoms with Crippen LogP contribution in [0.1, 0.15) is 46.3 Å². The molecule has 26 heavy (non-hydrogen) atoms. The highest BCUT2D eigenvalue weighted by atomic mass is 16.5. The molecule has 0 bridgehead atoms. The van der Waals surface area contributed by atoms with Crippen molar-refractivity contribution < 1.29 is 14.3 Å². The summed E-state index contributed by atoms with van der Waals surface area (Å²) in [4.78, 5) is 14.1. The minimum atomic E-state index is -0.250. The minimum absolute atomic E-state index is 0.250. The Bertz CT molecular complexity index is 918. The van der Waals surface area contributed by atoms with Gasteiger partial charge in [0.1, 0.15) is 11.5 Å². The Labute approximate surface area is 153 Å². The number of hydrogen-bond acceptors (Lipinski definition) is 4. The van der Waals surface area contributed by atoms with Gasteiger partial charge in [-0.05, 0) is 53.6 Å². The summed E-state index contributed by atoms with van der Waals surface area (Å²) in [7, 11) is 0. The lowest BCUT2D eigenvalue weighted by atomic mass is 9.82. The van der Waals surface area contributed by atoms with Crippen LogP contribution in [-0.4, -0.2) is 24.0 Å². The largest absolute Gasteiger partial charge is 0.493 e. The molecule has 0 fully saturated rings. The zero-order valence-corrected chi connectivity index (χ0v) is 15.3. The Morgan fingerprint density at radius 1 is 1.19 bits per heavy atom. The zero-order valence-electron chi connectivity index (χ0n) is 15.3. The number of rotatable bonds is 1. The zero-order chi connectivity index (χ0) is 17.8. The number of aryl methyl sites for hydroxylation is 1. The maximum atomic E-state index is 11.6. The van der Waals surface area contributed by atoms with Crippen molar-refractivity contribution in [2.45, 2.75) is 45.7 Å². The quantitative estimate of drug-likeness (QED) is 0.583. The van der Waals surface area contributed by atoms with Gasteiger partial charge in [-0.3, -0.25) is 9.69 Å². The number of carbonyl (C=O) groups is 1. The van der Waals surface area contributed by atoms with Crippen LogP contribution in [0.3, 0.4) is 0 Å². The predicted octanol–water partition coefficient (Wildman–Crippen LogP) is 3.51. The first-order valence-corrected chi connectivity index (χ1v) is 9.42. The molecule has 0 radical (unpaired) electrons. The number of benzene rings is 2. The molecule has 2 aromatic rings. The molecule has 1 atom stereocenters. The van der Waals surface area contributed by atoms with Crippen LogP contribution in [0.2, 0.25) is 0 Å².